The molecule has 3 atom stereocenters. The molecule has 1 unspecified atom stereocenters. The first-order valence-electron chi connectivity index (χ1n) is 6.02. The van der Waals surface area contributed by atoms with Crippen LogP contribution < -0.4 is 5.32 Å². The van der Waals surface area contributed by atoms with Gasteiger partial charge in [0.15, 0.2) is 0 Å². The van der Waals surface area contributed by atoms with E-state index >= 15 is 0 Å². The van der Waals surface area contributed by atoms with Crippen LogP contribution in [0.15, 0.2) is 0 Å². The molecule has 1 nitrogen and oxygen atoms in total. The number of hydrogen-bond donors (Lipinski definition) is 1. The zero-order valence-corrected chi connectivity index (χ0v) is 10.4. The van der Waals surface area contributed by atoms with Crippen LogP contribution >= 0.6 is 0 Å². The molecule has 0 aromatic rings. The Bertz CT molecular complexity index is 222. The molecule has 14 heavy (non-hydrogen) atoms. The predicted molar refractivity (Wildman–Crippen MR) is 61.4 cm³/mol. The summed E-state index contributed by atoms with van der Waals surface area (Å²) in [6.45, 7) is 12.0. The Morgan fingerprint density at radius 2 is 1.43 bits per heavy atom. The summed E-state index contributed by atoms with van der Waals surface area (Å²) >= 11 is 0. The molecule has 0 amide bonds. The number of piperidine rings is 1. The minimum atomic E-state index is 0.435. The second kappa shape index (κ2) is 2.75. The largest absolute Gasteiger partial charge is 0.306 e. The summed E-state index contributed by atoms with van der Waals surface area (Å²) in [5.41, 5.74) is 1.35. The van der Waals surface area contributed by atoms with E-state index in [2.05, 4.69) is 39.9 Å². The third-order valence-corrected chi connectivity index (χ3v) is 4.45. The summed E-state index contributed by atoms with van der Waals surface area (Å²) in [5, 5.41) is 3.85. The molecule has 0 aliphatic carbocycles. The molecule has 2 heterocycles. The van der Waals surface area contributed by atoms with Gasteiger partial charge in [0.1, 0.15) is 0 Å². The summed E-state index contributed by atoms with van der Waals surface area (Å²) in [6, 6.07) is 0. The lowest BCUT2D eigenvalue weighted by atomic mass is 9.68. The maximum absolute atomic E-state index is 3.85. The first-order chi connectivity index (χ1) is 6.23. The van der Waals surface area contributed by atoms with E-state index in [-0.39, 0.29) is 0 Å². The van der Waals surface area contributed by atoms with E-state index < -0.39 is 0 Å². The lowest BCUT2D eigenvalue weighted by Gasteiger charge is -2.46. The smallest absolute Gasteiger partial charge is 0.0161 e. The fourth-order valence-electron chi connectivity index (χ4n) is 3.48. The van der Waals surface area contributed by atoms with Crippen LogP contribution in [0.3, 0.4) is 0 Å². The van der Waals surface area contributed by atoms with Crippen LogP contribution in [0.4, 0.5) is 0 Å². The zero-order chi connectivity index (χ0) is 10.6. The van der Waals surface area contributed by atoms with E-state index in [4.69, 9.17) is 0 Å². The number of hydrogen-bond acceptors (Lipinski definition) is 1. The fraction of sp³-hybridized carbons (Fsp3) is 1.00. The normalized spacial score (nSPS) is 48.2. The molecule has 2 aliphatic heterocycles. The summed E-state index contributed by atoms with van der Waals surface area (Å²) in [7, 11) is 0. The van der Waals surface area contributed by atoms with Crippen LogP contribution in [-0.4, -0.2) is 11.1 Å². The third-order valence-electron chi connectivity index (χ3n) is 4.45. The Balaban J connectivity index is 2.20. The molecule has 82 valence electrons. The molecule has 2 fully saturated rings. The maximum Gasteiger partial charge on any atom is 0.0161 e. The molecule has 0 saturated carbocycles. The molecule has 0 aromatic carbocycles. The topological polar surface area (TPSA) is 12.0 Å². The van der Waals surface area contributed by atoms with Crippen LogP contribution in [0, 0.1) is 11.3 Å². The molecule has 2 saturated heterocycles. The van der Waals surface area contributed by atoms with Gasteiger partial charge in [0.05, 0.1) is 0 Å². The molecule has 1 heteroatoms. The van der Waals surface area contributed by atoms with E-state index in [0.29, 0.717) is 16.5 Å². The van der Waals surface area contributed by atoms with Crippen molar-refractivity contribution in [3.05, 3.63) is 0 Å². The molecule has 2 bridgehead atoms. The second-order valence-corrected chi connectivity index (χ2v) is 7.22. The standard InChI is InChI=1S/C13H25N/c1-11(2,3)10-8-12(4)6-7-13(5,9-10)14-12/h10,14H,6-9H2,1-5H3/t10?,12-,13+. The van der Waals surface area contributed by atoms with Crippen molar-refractivity contribution in [3.63, 3.8) is 0 Å². The van der Waals surface area contributed by atoms with Gasteiger partial charge >= 0.3 is 0 Å². The Kier molecular flexibility index (Phi) is 2.06. The maximum atomic E-state index is 3.85. The van der Waals surface area contributed by atoms with Gasteiger partial charge < -0.3 is 5.32 Å². The molecule has 2 rings (SSSR count). The van der Waals surface area contributed by atoms with Crippen molar-refractivity contribution in [1.29, 1.82) is 0 Å². The highest BCUT2D eigenvalue weighted by molar-refractivity contribution is 5.09. The van der Waals surface area contributed by atoms with Gasteiger partial charge in [-0.15, -0.1) is 0 Å². The summed E-state index contributed by atoms with van der Waals surface area (Å²) in [4.78, 5) is 0. The Labute approximate surface area is 88.7 Å². The van der Waals surface area contributed by atoms with Gasteiger partial charge in [-0.25, -0.2) is 0 Å². The average Bonchev–Trinajstić information content (AvgIpc) is 2.18. The lowest BCUT2D eigenvalue weighted by Crippen LogP contribution is -2.55. The highest BCUT2D eigenvalue weighted by Crippen LogP contribution is 2.49. The molecular weight excluding hydrogens is 170 g/mol. The minimum Gasteiger partial charge on any atom is -0.306 e. The van der Waals surface area contributed by atoms with Gasteiger partial charge in [-0.2, -0.15) is 0 Å². The van der Waals surface area contributed by atoms with Gasteiger partial charge in [-0.05, 0) is 50.9 Å². The molecule has 0 aromatic heterocycles. The van der Waals surface area contributed by atoms with Crippen molar-refractivity contribution in [2.24, 2.45) is 11.3 Å². The molecule has 0 radical (unpaired) electrons. The Hall–Kier alpha value is -0.0400. The molecule has 2 aliphatic rings. The molecule has 0 spiro atoms. The van der Waals surface area contributed by atoms with E-state index in [0.717, 1.165) is 5.92 Å². The van der Waals surface area contributed by atoms with Crippen LogP contribution in [0.2, 0.25) is 0 Å². The monoisotopic (exact) mass is 195 g/mol. The number of rotatable bonds is 0. The first kappa shape index (κ1) is 10.5. The van der Waals surface area contributed by atoms with Gasteiger partial charge in [0.25, 0.3) is 0 Å². The summed E-state index contributed by atoms with van der Waals surface area (Å²) in [5.74, 6) is 0.890. The quantitative estimate of drug-likeness (QED) is 0.625. The van der Waals surface area contributed by atoms with E-state index in [9.17, 15) is 0 Å². The van der Waals surface area contributed by atoms with Crippen LogP contribution in [0.1, 0.15) is 60.3 Å². The SMILES string of the molecule is CC(C)(C)C1C[C@]2(C)CC[C@](C)(C1)N2. The van der Waals surface area contributed by atoms with E-state index in [1.165, 1.54) is 25.7 Å². The minimum absolute atomic E-state index is 0.435. The fourth-order valence-corrected chi connectivity index (χ4v) is 3.48. The van der Waals surface area contributed by atoms with E-state index in [1.54, 1.807) is 0 Å². The summed E-state index contributed by atoms with van der Waals surface area (Å²) < 4.78 is 0. The average molecular weight is 195 g/mol. The van der Waals surface area contributed by atoms with Crippen molar-refractivity contribution >= 4 is 0 Å². The number of fused-ring (bicyclic) bond motifs is 2. The van der Waals surface area contributed by atoms with Crippen LogP contribution in [0.5, 0.6) is 0 Å². The van der Waals surface area contributed by atoms with Gasteiger partial charge in [-0.3, -0.25) is 0 Å². The van der Waals surface area contributed by atoms with Crippen molar-refractivity contribution in [2.45, 2.75) is 71.4 Å². The van der Waals surface area contributed by atoms with E-state index in [1.807, 2.05) is 0 Å². The molecule has 1 N–H and O–H groups in total. The first-order valence-corrected chi connectivity index (χ1v) is 6.02. The Morgan fingerprint density at radius 1 is 1.00 bits per heavy atom. The van der Waals surface area contributed by atoms with Crippen molar-refractivity contribution < 1.29 is 0 Å². The van der Waals surface area contributed by atoms with Crippen LogP contribution in [0.25, 0.3) is 0 Å². The zero-order valence-electron chi connectivity index (χ0n) is 10.4. The second-order valence-electron chi connectivity index (χ2n) is 7.22. The lowest BCUT2D eigenvalue weighted by molar-refractivity contribution is 0.0896. The number of nitrogens with one attached hydrogen (secondary N) is 1. The summed E-state index contributed by atoms with van der Waals surface area (Å²) in [6.07, 6.45) is 5.48. The van der Waals surface area contributed by atoms with Crippen molar-refractivity contribution in [2.75, 3.05) is 0 Å². The Morgan fingerprint density at radius 3 is 1.79 bits per heavy atom. The molecular formula is C13H25N. The van der Waals surface area contributed by atoms with Gasteiger partial charge in [0.2, 0.25) is 0 Å². The highest BCUT2D eigenvalue weighted by atomic mass is 15.1. The van der Waals surface area contributed by atoms with Crippen molar-refractivity contribution in [1.82, 2.24) is 5.32 Å². The van der Waals surface area contributed by atoms with Crippen molar-refractivity contribution in [3.8, 4) is 0 Å². The van der Waals surface area contributed by atoms with Gasteiger partial charge in [-0.1, -0.05) is 20.8 Å². The third kappa shape index (κ3) is 1.71. The highest BCUT2D eigenvalue weighted by Gasteiger charge is 2.50. The predicted octanol–water partition coefficient (Wildman–Crippen LogP) is 3.34. The van der Waals surface area contributed by atoms with Crippen LogP contribution in [-0.2, 0) is 0 Å². The van der Waals surface area contributed by atoms with Gasteiger partial charge in [0, 0.05) is 11.1 Å².